The Hall–Kier alpha value is -0.940. The van der Waals surface area contributed by atoms with Gasteiger partial charge in [-0.05, 0) is 25.7 Å². The van der Waals surface area contributed by atoms with Crippen LogP contribution in [0.5, 0.6) is 0 Å². The van der Waals surface area contributed by atoms with Crippen LogP contribution in [0.1, 0.15) is 42.3 Å². The maximum absolute atomic E-state index is 11.8. The topological polar surface area (TPSA) is 48.4 Å². The molecule has 1 saturated heterocycles. The molecule has 2 heterocycles. The molecule has 2 aliphatic rings. The summed E-state index contributed by atoms with van der Waals surface area (Å²) in [5, 5.41) is 3.05. The molecule has 1 saturated carbocycles. The Morgan fingerprint density at radius 3 is 2.83 bits per heavy atom. The lowest BCUT2D eigenvalue weighted by molar-refractivity contribution is -0.143. The number of carbonyl (C=O) groups is 1. The van der Waals surface area contributed by atoms with Gasteiger partial charge in [0.05, 0.1) is 12.8 Å². The summed E-state index contributed by atoms with van der Waals surface area (Å²) >= 11 is 1.60. The maximum Gasteiger partial charge on any atom is 0.318 e. The molecule has 98 valence electrons. The number of aromatic nitrogens is 1. The SMILES string of the molecule is COC(=O)C1(c2nc(C3CCOCC3)cs2)CC1. The molecule has 0 unspecified atom stereocenters. The first kappa shape index (κ1) is 12.1. The lowest BCUT2D eigenvalue weighted by Gasteiger charge is -2.20. The summed E-state index contributed by atoms with van der Waals surface area (Å²) in [6.07, 6.45) is 3.82. The van der Waals surface area contributed by atoms with Gasteiger partial charge in [-0.3, -0.25) is 4.79 Å². The molecular formula is C13H17NO3S. The molecule has 4 nitrogen and oxygen atoms in total. The number of hydrogen-bond acceptors (Lipinski definition) is 5. The molecule has 5 heteroatoms. The summed E-state index contributed by atoms with van der Waals surface area (Å²) in [5.41, 5.74) is 0.719. The summed E-state index contributed by atoms with van der Waals surface area (Å²) in [7, 11) is 1.45. The lowest BCUT2D eigenvalue weighted by Crippen LogP contribution is -2.22. The van der Waals surface area contributed by atoms with Crippen molar-refractivity contribution in [1.29, 1.82) is 0 Å². The first-order valence-corrected chi connectivity index (χ1v) is 7.26. The first-order chi connectivity index (χ1) is 8.76. The highest BCUT2D eigenvalue weighted by molar-refractivity contribution is 7.10. The minimum absolute atomic E-state index is 0.129. The zero-order valence-electron chi connectivity index (χ0n) is 10.5. The van der Waals surface area contributed by atoms with Crippen molar-refractivity contribution in [3.05, 3.63) is 16.1 Å². The second-order valence-corrected chi connectivity index (χ2v) is 5.90. The predicted molar refractivity (Wildman–Crippen MR) is 67.8 cm³/mol. The fraction of sp³-hybridized carbons (Fsp3) is 0.692. The van der Waals surface area contributed by atoms with Gasteiger partial charge in [-0.15, -0.1) is 11.3 Å². The van der Waals surface area contributed by atoms with Gasteiger partial charge < -0.3 is 9.47 Å². The summed E-state index contributed by atoms with van der Waals surface area (Å²) in [6, 6.07) is 0. The second kappa shape index (κ2) is 4.63. The van der Waals surface area contributed by atoms with Gasteiger partial charge in [0.2, 0.25) is 0 Å². The smallest absolute Gasteiger partial charge is 0.318 e. The lowest BCUT2D eigenvalue weighted by atomic mass is 9.97. The number of nitrogens with zero attached hydrogens (tertiary/aromatic N) is 1. The molecule has 0 radical (unpaired) electrons. The van der Waals surface area contributed by atoms with E-state index < -0.39 is 5.41 Å². The normalized spacial score (nSPS) is 22.7. The molecule has 1 aromatic heterocycles. The molecule has 0 atom stereocenters. The molecule has 0 N–H and O–H groups in total. The van der Waals surface area contributed by atoms with Crippen molar-refractivity contribution < 1.29 is 14.3 Å². The van der Waals surface area contributed by atoms with E-state index in [2.05, 4.69) is 5.38 Å². The zero-order chi connectivity index (χ0) is 12.6. The molecule has 1 aromatic rings. The molecule has 0 aromatic carbocycles. The van der Waals surface area contributed by atoms with Crippen molar-refractivity contribution in [2.75, 3.05) is 20.3 Å². The molecule has 0 spiro atoms. The van der Waals surface area contributed by atoms with E-state index in [4.69, 9.17) is 14.5 Å². The van der Waals surface area contributed by atoms with E-state index in [9.17, 15) is 4.79 Å². The third-order valence-corrected chi connectivity index (χ3v) is 4.96. The Bertz CT molecular complexity index is 447. The first-order valence-electron chi connectivity index (χ1n) is 6.38. The van der Waals surface area contributed by atoms with Crippen LogP contribution in [0.3, 0.4) is 0 Å². The minimum atomic E-state index is -0.414. The largest absolute Gasteiger partial charge is 0.468 e. The van der Waals surface area contributed by atoms with Crippen LogP contribution in [0, 0.1) is 0 Å². The van der Waals surface area contributed by atoms with Crippen LogP contribution in [-0.2, 0) is 19.7 Å². The average molecular weight is 267 g/mol. The molecule has 0 amide bonds. The number of carbonyl (C=O) groups excluding carboxylic acids is 1. The van der Waals surface area contributed by atoms with Crippen molar-refractivity contribution in [3.63, 3.8) is 0 Å². The number of ether oxygens (including phenoxy) is 2. The maximum atomic E-state index is 11.8. The summed E-state index contributed by atoms with van der Waals surface area (Å²) in [5.74, 6) is 0.368. The van der Waals surface area contributed by atoms with Gasteiger partial charge in [0.1, 0.15) is 10.4 Å². The standard InChI is InChI=1S/C13H17NO3S/c1-16-12(15)13(4-5-13)11-14-10(8-18-11)9-2-6-17-7-3-9/h8-9H,2-7H2,1H3. The Labute approximate surface area is 110 Å². The molecule has 1 aliphatic heterocycles. The van der Waals surface area contributed by atoms with Gasteiger partial charge in [-0.2, -0.15) is 0 Å². The van der Waals surface area contributed by atoms with Gasteiger partial charge in [0, 0.05) is 24.5 Å². The van der Waals surface area contributed by atoms with Gasteiger partial charge in [-0.1, -0.05) is 0 Å². The summed E-state index contributed by atoms with van der Waals surface area (Å²) < 4.78 is 10.3. The predicted octanol–water partition coefficient (Wildman–Crippen LogP) is 2.24. The number of methoxy groups -OCH3 is 1. The van der Waals surface area contributed by atoms with Gasteiger partial charge in [0.25, 0.3) is 0 Å². The summed E-state index contributed by atoms with van der Waals surface area (Å²) in [4.78, 5) is 16.5. The molecule has 0 bridgehead atoms. The second-order valence-electron chi connectivity index (χ2n) is 5.04. The van der Waals surface area contributed by atoms with Crippen LogP contribution in [0.25, 0.3) is 0 Å². The van der Waals surface area contributed by atoms with E-state index in [1.165, 1.54) is 7.11 Å². The van der Waals surface area contributed by atoms with E-state index in [1.54, 1.807) is 11.3 Å². The molecule has 3 rings (SSSR count). The summed E-state index contributed by atoms with van der Waals surface area (Å²) in [6.45, 7) is 1.64. The quantitative estimate of drug-likeness (QED) is 0.788. The number of rotatable bonds is 3. The Balaban J connectivity index is 1.79. The average Bonchev–Trinajstić information content (AvgIpc) is 3.09. The van der Waals surface area contributed by atoms with Crippen molar-refractivity contribution in [1.82, 2.24) is 4.98 Å². The third kappa shape index (κ3) is 1.95. The highest BCUT2D eigenvalue weighted by Gasteiger charge is 2.55. The number of thiazole rings is 1. The molecule has 1 aliphatic carbocycles. The van der Waals surface area contributed by atoms with E-state index in [0.29, 0.717) is 5.92 Å². The third-order valence-electron chi connectivity index (χ3n) is 3.90. The van der Waals surface area contributed by atoms with Crippen molar-refractivity contribution in [3.8, 4) is 0 Å². The van der Waals surface area contributed by atoms with E-state index >= 15 is 0 Å². The Morgan fingerprint density at radius 2 is 2.22 bits per heavy atom. The van der Waals surface area contributed by atoms with Crippen LogP contribution in [0.4, 0.5) is 0 Å². The molecular weight excluding hydrogens is 250 g/mol. The monoisotopic (exact) mass is 267 g/mol. The molecule has 18 heavy (non-hydrogen) atoms. The van der Waals surface area contributed by atoms with Gasteiger partial charge >= 0.3 is 5.97 Å². The Kier molecular flexibility index (Phi) is 3.11. The van der Waals surface area contributed by atoms with Crippen molar-refractivity contribution in [2.24, 2.45) is 0 Å². The fourth-order valence-corrected chi connectivity index (χ4v) is 3.66. The van der Waals surface area contributed by atoms with Gasteiger partial charge in [-0.25, -0.2) is 4.98 Å². The van der Waals surface area contributed by atoms with Crippen LogP contribution in [0.15, 0.2) is 5.38 Å². The van der Waals surface area contributed by atoms with Crippen LogP contribution in [-0.4, -0.2) is 31.3 Å². The minimum Gasteiger partial charge on any atom is -0.468 e. The zero-order valence-corrected chi connectivity index (χ0v) is 11.3. The highest BCUT2D eigenvalue weighted by atomic mass is 32.1. The van der Waals surface area contributed by atoms with Crippen LogP contribution < -0.4 is 0 Å². The number of hydrogen-bond donors (Lipinski definition) is 0. The Morgan fingerprint density at radius 1 is 1.50 bits per heavy atom. The fourth-order valence-electron chi connectivity index (χ4n) is 2.51. The van der Waals surface area contributed by atoms with Crippen molar-refractivity contribution in [2.45, 2.75) is 37.0 Å². The highest BCUT2D eigenvalue weighted by Crippen LogP contribution is 2.50. The van der Waals surface area contributed by atoms with E-state index in [0.717, 1.165) is 49.6 Å². The van der Waals surface area contributed by atoms with Crippen LogP contribution >= 0.6 is 11.3 Å². The number of esters is 1. The van der Waals surface area contributed by atoms with Crippen LogP contribution in [0.2, 0.25) is 0 Å². The van der Waals surface area contributed by atoms with E-state index in [-0.39, 0.29) is 5.97 Å². The van der Waals surface area contributed by atoms with Crippen molar-refractivity contribution >= 4 is 17.3 Å². The molecule has 2 fully saturated rings. The van der Waals surface area contributed by atoms with Gasteiger partial charge in [0.15, 0.2) is 0 Å². The van der Waals surface area contributed by atoms with E-state index in [1.807, 2.05) is 0 Å².